The van der Waals surface area contributed by atoms with Gasteiger partial charge in [0, 0.05) is 16.4 Å². The van der Waals surface area contributed by atoms with Gasteiger partial charge in [0.05, 0.1) is 22.5 Å². The number of benzene rings is 1. The van der Waals surface area contributed by atoms with Crippen LogP contribution in [-0.2, 0) is 6.18 Å². The Balaban J connectivity index is 2.12. The fourth-order valence-electron chi connectivity index (χ4n) is 1.59. The molecule has 0 aliphatic carbocycles. The summed E-state index contributed by atoms with van der Waals surface area (Å²) >= 11 is 8.69. The van der Waals surface area contributed by atoms with Crippen molar-refractivity contribution in [2.45, 2.75) is 6.18 Å². The number of rotatable bonds is 2. The van der Waals surface area contributed by atoms with E-state index in [4.69, 9.17) is 11.6 Å². The molecule has 0 atom stereocenters. The zero-order valence-corrected chi connectivity index (χ0v) is 13.1. The number of amides is 2. The third-order valence-electron chi connectivity index (χ3n) is 2.49. The van der Waals surface area contributed by atoms with Gasteiger partial charge in [0.1, 0.15) is 0 Å². The SMILES string of the molecule is O=C(Nc1cncc(Br)c1)Nc1ccc(Cl)c(C(F)(F)F)c1. The molecular weight excluding hydrogens is 387 g/mol. The van der Waals surface area contributed by atoms with E-state index >= 15 is 0 Å². The van der Waals surface area contributed by atoms with E-state index in [-0.39, 0.29) is 5.69 Å². The van der Waals surface area contributed by atoms with E-state index in [0.29, 0.717) is 10.2 Å². The molecule has 2 aromatic rings. The van der Waals surface area contributed by atoms with Gasteiger partial charge in [0.25, 0.3) is 0 Å². The van der Waals surface area contributed by atoms with Crippen LogP contribution in [0, 0.1) is 0 Å². The average Bonchev–Trinajstić information content (AvgIpc) is 2.39. The van der Waals surface area contributed by atoms with Crippen LogP contribution >= 0.6 is 27.5 Å². The number of carbonyl (C=O) groups is 1. The minimum absolute atomic E-state index is 0.0304. The maximum atomic E-state index is 12.7. The minimum atomic E-state index is -4.60. The zero-order chi connectivity index (χ0) is 16.3. The van der Waals surface area contributed by atoms with Crippen LogP contribution in [0.4, 0.5) is 29.3 Å². The quantitative estimate of drug-likeness (QED) is 0.739. The number of halogens is 5. The van der Waals surface area contributed by atoms with Gasteiger partial charge in [0.2, 0.25) is 0 Å². The fourth-order valence-corrected chi connectivity index (χ4v) is 2.18. The number of urea groups is 1. The normalized spacial score (nSPS) is 11.1. The minimum Gasteiger partial charge on any atom is -0.308 e. The molecule has 2 rings (SSSR count). The molecule has 9 heteroatoms. The van der Waals surface area contributed by atoms with E-state index in [1.165, 1.54) is 18.5 Å². The molecule has 2 N–H and O–H groups in total. The molecular formula is C13H8BrClF3N3O. The van der Waals surface area contributed by atoms with Crippen molar-refractivity contribution in [3.8, 4) is 0 Å². The maximum Gasteiger partial charge on any atom is 0.417 e. The molecule has 0 unspecified atom stereocenters. The predicted molar refractivity (Wildman–Crippen MR) is 81.0 cm³/mol. The summed E-state index contributed by atoms with van der Waals surface area (Å²) in [5.41, 5.74) is -0.662. The Bertz CT molecular complexity index is 709. The number of alkyl halides is 3. The molecule has 0 bridgehead atoms. The number of nitrogens with zero attached hydrogens (tertiary/aromatic N) is 1. The molecule has 0 aliphatic rings. The standard InChI is InChI=1S/C13H8BrClF3N3O/c14-7-3-9(6-19-5-7)21-12(22)20-8-1-2-11(15)10(4-8)13(16,17)18/h1-6H,(H2,20,21,22). The molecule has 2 amide bonds. The Hall–Kier alpha value is -1.80. The van der Waals surface area contributed by atoms with E-state index in [2.05, 4.69) is 31.5 Å². The van der Waals surface area contributed by atoms with Gasteiger partial charge in [-0.1, -0.05) is 11.6 Å². The summed E-state index contributed by atoms with van der Waals surface area (Å²) < 4.78 is 38.8. The summed E-state index contributed by atoms with van der Waals surface area (Å²) in [6, 6.07) is 4.00. The van der Waals surface area contributed by atoms with Gasteiger partial charge >= 0.3 is 12.2 Å². The van der Waals surface area contributed by atoms with Crippen molar-refractivity contribution >= 4 is 44.9 Å². The lowest BCUT2D eigenvalue weighted by molar-refractivity contribution is -0.137. The van der Waals surface area contributed by atoms with E-state index < -0.39 is 22.8 Å². The van der Waals surface area contributed by atoms with Crippen LogP contribution in [0.1, 0.15) is 5.56 Å². The van der Waals surface area contributed by atoms with Crippen molar-refractivity contribution in [3.63, 3.8) is 0 Å². The first-order valence-electron chi connectivity index (χ1n) is 5.81. The Morgan fingerprint density at radius 2 is 1.82 bits per heavy atom. The lowest BCUT2D eigenvalue weighted by Crippen LogP contribution is -2.20. The Morgan fingerprint density at radius 1 is 1.14 bits per heavy atom. The smallest absolute Gasteiger partial charge is 0.308 e. The van der Waals surface area contributed by atoms with E-state index in [0.717, 1.165) is 12.1 Å². The number of hydrogen-bond donors (Lipinski definition) is 2. The van der Waals surface area contributed by atoms with Crippen molar-refractivity contribution in [2.75, 3.05) is 10.6 Å². The third-order valence-corrected chi connectivity index (χ3v) is 3.26. The van der Waals surface area contributed by atoms with Crippen molar-refractivity contribution < 1.29 is 18.0 Å². The Morgan fingerprint density at radius 3 is 2.45 bits per heavy atom. The number of anilines is 2. The molecule has 116 valence electrons. The maximum absolute atomic E-state index is 12.7. The van der Waals surface area contributed by atoms with Crippen molar-refractivity contribution in [1.29, 1.82) is 0 Å². The highest BCUT2D eigenvalue weighted by molar-refractivity contribution is 9.10. The summed E-state index contributed by atoms with van der Waals surface area (Å²) in [5.74, 6) is 0. The molecule has 0 spiro atoms. The summed E-state index contributed by atoms with van der Waals surface area (Å²) in [6.45, 7) is 0. The Kier molecular flexibility index (Phi) is 4.92. The fraction of sp³-hybridized carbons (Fsp3) is 0.0769. The van der Waals surface area contributed by atoms with Gasteiger partial charge in [-0.25, -0.2) is 4.79 Å². The molecule has 0 saturated heterocycles. The predicted octanol–water partition coefficient (Wildman–Crippen LogP) is 5.16. The van der Waals surface area contributed by atoms with Crippen LogP contribution < -0.4 is 10.6 Å². The van der Waals surface area contributed by atoms with E-state index in [1.807, 2.05) is 0 Å². The first-order chi connectivity index (χ1) is 10.3. The second kappa shape index (κ2) is 6.53. The van der Waals surface area contributed by atoms with Crippen molar-refractivity contribution in [3.05, 3.63) is 51.7 Å². The number of pyridine rings is 1. The number of aromatic nitrogens is 1. The molecule has 0 aliphatic heterocycles. The molecule has 1 aromatic heterocycles. The Labute approximate surface area is 136 Å². The lowest BCUT2D eigenvalue weighted by atomic mass is 10.2. The van der Waals surface area contributed by atoms with Gasteiger partial charge in [-0.3, -0.25) is 4.98 Å². The molecule has 0 radical (unpaired) electrons. The summed E-state index contributed by atoms with van der Waals surface area (Å²) in [6.07, 6.45) is -1.68. The molecule has 1 aromatic carbocycles. The summed E-state index contributed by atoms with van der Waals surface area (Å²) in [5, 5.41) is 4.31. The topological polar surface area (TPSA) is 54.0 Å². The molecule has 0 saturated carbocycles. The van der Waals surface area contributed by atoms with E-state index in [1.54, 1.807) is 6.07 Å². The second-order valence-corrected chi connectivity index (χ2v) is 5.49. The van der Waals surface area contributed by atoms with E-state index in [9.17, 15) is 18.0 Å². The van der Waals surface area contributed by atoms with Gasteiger partial charge in [0.15, 0.2) is 0 Å². The number of nitrogens with one attached hydrogen (secondary N) is 2. The first-order valence-corrected chi connectivity index (χ1v) is 6.98. The van der Waals surface area contributed by atoms with Crippen LogP contribution in [0.5, 0.6) is 0 Å². The van der Waals surface area contributed by atoms with Gasteiger partial charge in [-0.15, -0.1) is 0 Å². The van der Waals surface area contributed by atoms with Gasteiger partial charge in [-0.2, -0.15) is 13.2 Å². The molecule has 1 heterocycles. The van der Waals surface area contributed by atoms with Crippen LogP contribution in [0.15, 0.2) is 41.1 Å². The summed E-state index contributed by atoms with van der Waals surface area (Å²) in [7, 11) is 0. The van der Waals surface area contributed by atoms with Crippen LogP contribution in [0.2, 0.25) is 5.02 Å². The van der Waals surface area contributed by atoms with Crippen LogP contribution in [0.25, 0.3) is 0 Å². The largest absolute Gasteiger partial charge is 0.417 e. The molecule has 0 fully saturated rings. The third kappa shape index (κ3) is 4.35. The highest BCUT2D eigenvalue weighted by atomic mass is 79.9. The zero-order valence-electron chi connectivity index (χ0n) is 10.7. The van der Waals surface area contributed by atoms with Crippen LogP contribution in [0.3, 0.4) is 0 Å². The van der Waals surface area contributed by atoms with Crippen LogP contribution in [-0.4, -0.2) is 11.0 Å². The van der Waals surface area contributed by atoms with Gasteiger partial charge < -0.3 is 10.6 Å². The number of hydrogen-bond acceptors (Lipinski definition) is 2. The molecule has 4 nitrogen and oxygen atoms in total. The number of carbonyl (C=O) groups excluding carboxylic acids is 1. The highest BCUT2D eigenvalue weighted by Gasteiger charge is 2.33. The van der Waals surface area contributed by atoms with Gasteiger partial charge in [-0.05, 0) is 40.2 Å². The monoisotopic (exact) mass is 393 g/mol. The first kappa shape index (κ1) is 16.6. The average molecular weight is 395 g/mol. The second-order valence-electron chi connectivity index (χ2n) is 4.16. The van der Waals surface area contributed by atoms with Crippen molar-refractivity contribution in [2.24, 2.45) is 0 Å². The molecule has 22 heavy (non-hydrogen) atoms. The lowest BCUT2D eigenvalue weighted by Gasteiger charge is -2.12. The highest BCUT2D eigenvalue weighted by Crippen LogP contribution is 2.36. The summed E-state index contributed by atoms with van der Waals surface area (Å²) in [4.78, 5) is 15.6. The van der Waals surface area contributed by atoms with Crippen molar-refractivity contribution in [1.82, 2.24) is 4.98 Å².